The van der Waals surface area contributed by atoms with Crippen LogP contribution in [-0.2, 0) is 6.54 Å². The van der Waals surface area contributed by atoms with Crippen molar-refractivity contribution in [3.63, 3.8) is 0 Å². The van der Waals surface area contributed by atoms with E-state index < -0.39 is 0 Å². The highest BCUT2D eigenvalue weighted by Crippen LogP contribution is 2.38. The fraction of sp³-hybridized carbons (Fsp3) is 0.250. The van der Waals surface area contributed by atoms with Crippen molar-refractivity contribution in [3.05, 3.63) is 52.3 Å². The lowest BCUT2D eigenvalue weighted by Gasteiger charge is -2.13. The van der Waals surface area contributed by atoms with Gasteiger partial charge >= 0.3 is 0 Å². The summed E-state index contributed by atoms with van der Waals surface area (Å²) in [4.78, 5) is 0. The lowest BCUT2D eigenvalue weighted by Crippen LogP contribution is -2.02. The highest BCUT2D eigenvalue weighted by atomic mass is 79.9. The van der Waals surface area contributed by atoms with Crippen molar-refractivity contribution in [2.75, 3.05) is 18.5 Å². The number of nitrogens with one attached hydrogen (secondary N) is 1. The van der Waals surface area contributed by atoms with Gasteiger partial charge in [-0.1, -0.05) is 12.1 Å². The Kier molecular flexibility index (Phi) is 4.29. The van der Waals surface area contributed by atoms with Gasteiger partial charge in [-0.25, -0.2) is 4.39 Å². The second kappa shape index (κ2) is 6.35. The number of ether oxygens (including phenoxy) is 2. The van der Waals surface area contributed by atoms with E-state index in [2.05, 4.69) is 21.2 Å². The summed E-state index contributed by atoms with van der Waals surface area (Å²) in [6.45, 7) is 1.80. The molecule has 1 aliphatic heterocycles. The van der Waals surface area contributed by atoms with Crippen LogP contribution in [-0.4, -0.2) is 13.2 Å². The van der Waals surface area contributed by atoms with Crippen LogP contribution >= 0.6 is 15.9 Å². The van der Waals surface area contributed by atoms with Gasteiger partial charge in [-0.2, -0.15) is 0 Å². The van der Waals surface area contributed by atoms with Crippen LogP contribution in [0.15, 0.2) is 40.9 Å². The summed E-state index contributed by atoms with van der Waals surface area (Å²) in [6.07, 6.45) is 0.865. The molecule has 0 aliphatic carbocycles. The van der Waals surface area contributed by atoms with Crippen LogP contribution in [0.5, 0.6) is 11.5 Å². The Bertz CT molecular complexity index is 648. The predicted octanol–water partition coefficient (Wildman–Crippen LogP) is 4.36. The van der Waals surface area contributed by atoms with E-state index in [0.29, 0.717) is 25.4 Å². The molecule has 2 aromatic carbocycles. The van der Waals surface area contributed by atoms with Gasteiger partial charge in [-0.05, 0) is 45.8 Å². The first-order valence-electron chi connectivity index (χ1n) is 6.80. The van der Waals surface area contributed by atoms with Crippen molar-refractivity contribution in [1.82, 2.24) is 0 Å². The van der Waals surface area contributed by atoms with Gasteiger partial charge in [-0.3, -0.25) is 0 Å². The van der Waals surface area contributed by atoms with Crippen LogP contribution in [0.1, 0.15) is 12.0 Å². The second-order valence-corrected chi connectivity index (χ2v) is 5.64. The van der Waals surface area contributed by atoms with Gasteiger partial charge in [-0.15, -0.1) is 0 Å². The summed E-state index contributed by atoms with van der Waals surface area (Å²) in [5.41, 5.74) is 1.48. The average Bonchev–Trinajstić information content (AvgIpc) is 2.72. The van der Waals surface area contributed by atoms with Crippen LogP contribution in [0, 0.1) is 5.82 Å². The first kappa shape index (κ1) is 14.2. The molecule has 3 nitrogen and oxygen atoms in total. The minimum Gasteiger partial charge on any atom is -0.490 e. The molecule has 0 saturated heterocycles. The van der Waals surface area contributed by atoms with Crippen LogP contribution in [0.4, 0.5) is 10.1 Å². The molecule has 110 valence electrons. The molecular weight excluding hydrogens is 337 g/mol. The molecule has 0 radical (unpaired) electrons. The largest absolute Gasteiger partial charge is 0.490 e. The molecule has 1 aliphatic rings. The zero-order chi connectivity index (χ0) is 14.7. The Balaban J connectivity index is 1.79. The molecule has 0 atom stereocenters. The average molecular weight is 352 g/mol. The van der Waals surface area contributed by atoms with Gasteiger partial charge in [0, 0.05) is 13.0 Å². The molecule has 3 rings (SSSR count). The van der Waals surface area contributed by atoms with Gasteiger partial charge in [0.25, 0.3) is 0 Å². The smallest absolute Gasteiger partial charge is 0.175 e. The molecule has 1 heterocycles. The van der Waals surface area contributed by atoms with E-state index in [0.717, 1.165) is 28.0 Å². The van der Waals surface area contributed by atoms with Gasteiger partial charge in [0.1, 0.15) is 5.82 Å². The zero-order valence-electron chi connectivity index (χ0n) is 11.4. The molecule has 0 spiro atoms. The Labute approximate surface area is 131 Å². The lowest BCUT2D eigenvalue weighted by atomic mass is 10.2. The first-order valence-corrected chi connectivity index (χ1v) is 7.60. The summed E-state index contributed by atoms with van der Waals surface area (Å²) in [5, 5.41) is 3.09. The van der Waals surface area contributed by atoms with Gasteiger partial charge in [0.05, 0.1) is 23.4 Å². The van der Waals surface area contributed by atoms with E-state index in [1.807, 2.05) is 12.1 Å². The molecule has 2 aromatic rings. The van der Waals surface area contributed by atoms with Crippen molar-refractivity contribution in [3.8, 4) is 11.5 Å². The highest BCUT2D eigenvalue weighted by Gasteiger charge is 2.15. The molecule has 0 unspecified atom stereocenters. The number of fused-ring (bicyclic) bond motifs is 1. The second-order valence-electron chi connectivity index (χ2n) is 4.79. The zero-order valence-corrected chi connectivity index (χ0v) is 13.0. The quantitative estimate of drug-likeness (QED) is 0.890. The van der Waals surface area contributed by atoms with E-state index in [4.69, 9.17) is 9.47 Å². The molecule has 0 fully saturated rings. The number of para-hydroxylation sites is 1. The fourth-order valence-electron chi connectivity index (χ4n) is 2.19. The molecular formula is C16H15BrFNO2. The normalized spacial score (nSPS) is 13.6. The molecule has 0 amide bonds. The van der Waals surface area contributed by atoms with Crippen LogP contribution in [0.2, 0.25) is 0 Å². The van der Waals surface area contributed by atoms with Gasteiger partial charge in [0.15, 0.2) is 11.5 Å². The minimum absolute atomic E-state index is 0.258. The maximum Gasteiger partial charge on any atom is 0.175 e. The first-order chi connectivity index (χ1) is 10.2. The van der Waals surface area contributed by atoms with E-state index in [-0.39, 0.29) is 5.82 Å². The summed E-state index contributed by atoms with van der Waals surface area (Å²) in [5.74, 6) is 1.21. The Morgan fingerprint density at radius 3 is 2.81 bits per heavy atom. The van der Waals surface area contributed by atoms with Crippen LogP contribution in [0.3, 0.4) is 0 Å². The van der Waals surface area contributed by atoms with Gasteiger partial charge in [0.2, 0.25) is 0 Å². The maximum absolute atomic E-state index is 13.6. The standard InChI is InChI=1S/C16H15BrFNO2/c17-12-8-11(9-15-16(12)21-7-3-6-20-15)10-19-14-5-2-1-4-13(14)18/h1-2,4-5,8-9,19H,3,6-7,10H2. The van der Waals surface area contributed by atoms with Crippen molar-refractivity contribution >= 4 is 21.6 Å². The summed E-state index contributed by atoms with van der Waals surface area (Å²) in [7, 11) is 0. The minimum atomic E-state index is -0.258. The molecule has 0 bridgehead atoms. The third kappa shape index (κ3) is 3.29. The number of hydrogen-bond donors (Lipinski definition) is 1. The summed E-state index contributed by atoms with van der Waals surface area (Å²) >= 11 is 3.50. The monoisotopic (exact) mass is 351 g/mol. The summed E-state index contributed by atoms with van der Waals surface area (Å²) in [6, 6.07) is 10.5. The van der Waals surface area contributed by atoms with Crippen LogP contribution < -0.4 is 14.8 Å². The van der Waals surface area contributed by atoms with Crippen molar-refractivity contribution < 1.29 is 13.9 Å². The lowest BCUT2D eigenvalue weighted by molar-refractivity contribution is 0.296. The van der Waals surface area contributed by atoms with Crippen molar-refractivity contribution in [1.29, 1.82) is 0 Å². The number of anilines is 1. The molecule has 0 aromatic heterocycles. The fourth-order valence-corrected chi connectivity index (χ4v) is 2.79. The Morgan fingerprint density at radius 2 is 1.95 bits per heavy atom. The predicted molar refractivity (Wildman–Crippen MR) is 83.5 cm³/mol. The molecule has 5 heteroatoms. The Morgan fingerprint density at radius 1 is 1.14 bits per heavy atom. The van der Waals surface area contributed by atoms with E-state index in [9.17, 15) is 4.39 Å². The number of benzene rings is 2. The van der Waals surface area contributed by atoms with E-state index in [1.54, 1.807) is 18.2 Å². The Hall–Kier alpha value is -1.75. The van der Waals surface area contributed by atoms with E-state index >= 15 is 0 Å². The van der Waals surface area contributed by atoms with Gasteiger partial charge < -0.3 is 14.8 Å². The number of rotatable bonds is 3. The molecule has 21 heavy (non-hydrogen) atoms. The number of halogens is 2. The third-order valence-corrected chi connectivity index (χ3v) is 3.81. The molecule has 1 N–H and O–H groups in total. The van der Waals surface area contributed by atoms with Crippen LogP contribution in [0.25, 0.3) is 0 Å². The third-order valence-electron chi connectivity index (χ3n) is 3.22. The SMILES string of the molecule is Fc1ccccc1NCc1cc(Br)c2c(c1)OCCCO2. The van der Waals surface area contributed by atoms with E-state index in [1.165, 1.54) is 6.07 Å². The topological polar surface area (TPSA) is 30.5 Å². The van der Waals surface area contributed by atoms with Crippen molar-refractivity contribution in [2.45, 2.75) is 13.0 Å². The highest BCUT2D eigenvalue weighted by molar-refractivity contribution is 9.10. The van der Waals surface area contributed by atoms with Crippen molar-refractivity contribution in [2.24, 2.45) is 0 Å². The molecule has 0 saturated carbocycles. The maximum atomic E-state index is 13.6. The summed E-state index contributed by atoms with van der Waals surface area (Å²) < 4.78 is 25.8. The number of hydrogen-bond acceptors (Lipinski definition) is 3.